The van der Waals surface area contributed by atoms with Gasteiger partial charge in [0.1, 0.15) is 5.01 Å². The molecule has 0 radical (unpaired) electrons. The van der Waals surface area contributed by atoms with Crippen LogP contribution < -0.4 is 5.32 Å². The SMILES string of the molecule is CCOCCCNc1nn(CN(C)[C@H](C)c2nc3ccccc3s2)c(=S)s1. The van der Waals surface area contributed by atoms with Gasteiger partial charge in [-0.1, -0.05) is 23.5 Å². The van der Waals surface area contributed by atoms with E-state index in [0.717, 1.165) is 45.8 Å². The van der Waals surface area contributed by atoms with Crippen molar-refractivity contribution in [1.82, 2.24) is 19.7 Å². The summed E-state index contributed by atoms with van der Waals surface area (Å²) in [4.78, 5) is 6.98. The molecule has 27 heavy (non-hydrogen) atoms. The molecule has 1 N–H and O–H groups in total. The van der Waals surface area contributed by atoms with E-state index >= 15 is 0 Å². The minimum absolute atomic E-state index is 0.189. The van der Waals surface area contributed by atoms with E-state index in [4.69, 9.17) is 21.9 Å². The number of rotatable bonds is 10. The molecule has 0 bridgehead atoms. The molecule has 0 unspecified atom stereocenters. The largest absolute Gasteiger partial charge is 0.382 e. The lowest BCUT2D eigenvalue weighted by molar-refractivity contribution is 0.147. The maximum absolute atomic E-state index is 5.48. The zero-order chi connectivity index (χ0) is 19.2. The molecule has 3 aromatic rings. The normalized spacial score (nSPS) is 12.7. The molecule has 0 saturated heterocycles. The van der Waals surface area contributed by atoms with Crippen molar-refractivity contribution in [2.45, 2.75) is 33.0 Å². The van der Waals surface area contributed by atoms with Crippen LogP contribution in [0.2, 0.25) is 0 Å². The molecular weight excluding hydrogens is 398 g/mol. The number of nitrogens with zero attached hydrogens (tertiary/aromatic N) is 4. The Morgan fingerprint density at radius 2 is 2.15 bits per heavy atom. The number of aromatic nitrogens is 3. The van der Waals surface area contributed by atoms with E-state index in [-0.39, 0.29) is 6.04 Å². The van der Waals surface area contributed by atoms with Gasteiger partial charge in [0.05, 0.1) is 22.9 Å². The van der Waals surface area contributed by atoms with Crippen LogP contribution in [0.5, 0.6) is 0 Å². The second-order valence-corrected chi connectivity index (χ2v) is 8.93. The predicted octanol–water partition coefficient (Wildman–Crippen LogP) is 4.77. The first-order valence-corrected chi connectivity index (χ1v) is 11.1. The number of thiazole rings is 1. The van der Waals surface area contributed by atoms with E-state index in [9.17, 15) is 0 Å². The number of nitrogens with one attached hydrogen (secondary N) is 1. The first-order valence-electron chi connectivity index (χ1n) is 9.03. The molecule has 2 aromatic heterocycles. The highest BCUT2D eigenvalue weighted by Gasteiger charge is 2.17. The Balaban J connectivity index is 1.59. The fourth-order valence-corrected chi connectivity index (χ4v) is 4.67. The second kappa shape index (κ2) is 9.70. The maximum atomic E-state index is 5.48. The summed E-state index contributed by atoms with van der Waals surface area (Å²) in [5.41, 5.74) is 1.06. The Kier molecular flexibility index (Phi) is 7.31. The lowest BCUT2D eigenvalue weighted by Crippen LogP contribution is -2.26. The van der Waals surface area contributed by atoms with Crippen LogP contribution in [-0.2, 0) is 11.4 Å². The van der Waals surface area contributed by atoms with Gasteiger partial charge in [0.15, 0.2) is 3.95 Å². The van der Waals surface area contributed by atoms with Gasteiger partial charge in [-0.3, -0.25) is 4.90 Å². The first-order chi connectivity index (χ1) is 13.1. The van der Waals surface area contributed by atoms with Crippen LogP contribution in [0.1, 0.15) is 31.3 Å². The van der Waals surface area contributed by atoms with E-state index < -0.39 is 0 Å². The van der Waals surface area contributed by atoms with Crippen LogP contribution in [0.4, 0.5) is 5.13 Å². The van der Waals surface area contributed by atoms with Crippen molar-refractivity contribution < 1.29 is 4.74 Å². The minimum Gasteiger partial charge on any atom is -0.382 e. The van der Waals surface area contributed by atoms with Gasteiger partial charge in [-0.25, -0.2) is 9.67 Å². The lowest BCUT2D eigenvalue weighted by Gasteiger charge is -2.22. The van der Waals surface area contributed by atoms with E-state index in [0.29, 0.717) is 6.67 Å². The highest BCUT2D eigenvalue weighted by molar-refractivity contribution is 7.73. The fraction of sp³-hybridized carbons (Fsp3) is 0.500. The Hall–Kier alpha value is -1.39. The molecule has 3 rings (SSSR count). The highest BCUT2D eigenvalue weighted by atomic mass is 32.1. The summed E-state index contributed by atoms with van der Waals surface area (Å²) in [5, 5.41) is 9.90. The molecule has 0 aliphatic rings. The first kappa shape index (κ1) is 20.3. The van der Waals surface area contributed by atoms with Crippen molar-refractivity contribution in [3.05, 3.63) is 33.2 Å². The summed E-state index contributed by atoms with van der Waals surface area (Å²) in [6, 6.07) is 8.44. The summed E-state index contributed by atoms with van der Waals surface area (Å²) in [6.45, 7) is 7.16. The molecule has 1 atom stereocenters. The lowest BCUT2D eigenvalue weighted by atomic mass is 10.3. The van der Waals surface area contributed by atoms with Gasteiger partial charge in [-0.2, -0.15) is 0 Å². The van der Waals surface area contributed by atoms with Crippen LogP contribution in [0.15, 0.2) is 24.3 Å². The van der Waals surface area contributed by atoms with Crippen molar-refractivity contribution in [2.24, 2.45) is 0 Å². The summed E-state index contributed by atoms with van der Waals surface area (Å²) < 4.78 is 9.21. The Morgan fingerprint density at radius 1 is 1.33 bits per heavy atom. The molecule has 146 valence electrons. The van der Waals surface area contributed by atoms with Gasteiger partial charge in [-0.05, 0) is 51.7 Å². The Morgan fingerprint density at radius 3 is 2.93 bits per heavy atom. The molecule has 1 aromatic carbocycles. The van der Waals surface area contributed by atoms with E-state index in [1.807, 2.05) is 17.7 Å². The number of ether oxygens (including phenoxy) is 1. The molecule has 9 heteroatoms. The van der Waals surface area contributed by atoms with Crippen LogP contribution >= 0.6 is 34.9 Å². The van der Waals surface area contributed by atoms with Crippen molar-refractivity contribution in [2.75, 3.05) is 32.1 Å². The van der Waals surface area contributed by atoms with Crippen LogP contribution in [-0.4, -0.2) is 46.5 Å². The molecule has 0 saturated carbocycles. The summed E-state index contributed by atoms with van der Waals surface area (Å²) in [6.07, 6.45) is 0.953. The van der Waals surface area contributed by atoms with Crippen LogP contribution in [0.25, 0.3) is 10.2 Å². The Bertz CT molecular complexity index is 886. The maximum Gasteiger partial charge on any atom is 0.204 e. The number of hydrogen-bond donors (Lipinski definition) is 1. The quantitative estimate of drug-likeness (QED) is 0.374. The van der Waals surface area contributed by atoms with Gasteiger partial charge in [0, 0.05) is 19.8 Å². The third-order valence-electron chi connectivity index (χ3n) is 4.24. The second-order valence-electron chi connectivity index (χ2n) is 6.24. The third-order valence-corrected chi connectivity index (χ3v) is 6.71. The average Bonchev–Trinajstić information content (AvgIpc) is 3.24. The number of hydrogen-bond acceptors (Lipinski definition) is 8. The molecule has 0 aliphatic carbocycles. The van der Waals surface area contributed by atoms with E-state index in [2.05, 4.69) is 47.5 Å². The summed E-state index contributed by atoms with van der Waals surface area (Å²) >= 11 is 8.73. The van der Waals surface area contributed by atoms with Gasteiger partial charge >= 0.3 is 0 Å². The highest BCUT2D eigenvalue weighted by Crippen LogP contribution is 2.29. The number of fused-ring (bicyclic) bond motifs is 1. The number of benzene rings is 1. The molecule has 6 nitrogen and oxygen atoms in total. The minimum atomic E-state index is 0.189. The zero-order valence-corrected chi connectivity index (χ0v) is 18.3. The molecular formula is C18H25N5OS3. The summed E-state index contributed by atoms with van der Waals surface area (Å²) in [5.74, 6) is 0. The average molecular weight is 424 g/mol. The van der Waals surface area contributed by atoms with Crippen molar-refractivity contribution >= 4 is 50.2 Å². The molecule has 2 heterocycles. The monoisotopic (exact) mass is 423 g/mol. The van der Waals surface area contributed by atoms with Gasteiger partial charge in [0.25, 0.3) is 0 Å². The summed E-state index contributed by atoms with van der Waals surface area (Å²) in [7, 11) is 2.08. The van der Waals surface area contributed by atoms with Crippen LogP contribution in [0.3, 0.4) is 0 Å². The Labute approximate surface area is 172 Å². The van der Waals surface area contributed by atoms with E-state index in [1.165, 1.54) is 16.0 Å². The number of anilines is 1. The van der Waals surface area contributed by atoms with Crippen molar-refractivity contribution in [3.63, 3.8) is 0 Å². The van der Waals surface area contributed by atoms with Crippen LogP contribution in [0, 0.1) is 3.95 Å². The zero-order valence-electron chi connectivity index (χ0n) is 15.8. The molecule has 0 fully saturated rings. The standard InChI is InChI=1S/C18H25N5OS3/c1-4-24-11-7-10-19-17-21-23(18(25)27-17)12-22(3)13(2)16-20-14-8-5-6-9-15(14)26-16/h5-6,8-9,13H,4,7,10-12H2,1-3H3,(H,19,21)/t13-/m1/s1. The molecule has 0 amide bonds. The molecule has 0 aliphatic heterocycles. The third kappa shape index (κ3) is 5.32. The topological polar surface area (TPSA) is 55.2 Å². The predicted molar refractivity (Wildman–Crippen MR) is 116 cm³/mol. The van der Waals surface area contributed by atoms with E-state index in [1.54, 1.807) is 11.3 Å². The van der Waals surface area contributed by atoms with Crippen molar-refractivity contribution in [1.29, 1.82) is 0 Å². The van der Waals surface area contributed by atoms with Gasteiger partial charge in [0.2, 0.25) is 5.13 Å². The molecule has 0 spiro atoms. The van der Waals surface area contributed by atoms with Gasteiger partial charge in [-0.15, -0.1) is 16.4 Å². The van der Waals surface area contributed by atoms with Gasteiger partial charge < -0.3 is 10.1 Å². The van der Waals surface area contributed by atoms with Crippen molar-refractivity contribution in [3.8, 4) is 0 Å². The number of para-hydroxylation sites is 1. The fourth-order valence-electron chi connectivity index (χ4n) is 2.57. The smallest absolute Gasteiger partial charge is 0.204 e.